The number of hydrogen-bond acceptors (Lipinski definition) is 2. The van der Waals surface area contributed by atoms with Crippen molar-refractivity contribution in [3.05, 3.63) is 28.5 Å². The molecule has 7 heteroatoms. The number of carbonyl (C=O) groups is 1. The van der Waals surface area contributed by atoms with Crippen LogP contribution in [0.2, 0.25) is 0 Å². The molecule has 0 saturated heterocycles. The highest BCUT2D eigenvalue weighted by Crippen LogP contribution is 2.21. The Balaban J connectivity index is 2.64. The average molecular weight is 311 g/mol. The van der Waals surface area contributed by atoms with Crippen molar-refractivity contribution < 1.29 is 18.0 Å². The SMILES string of the molecule is CC(CC(F)(F)F)NC(=O)c1ncccc1Br. The number of alkyl halides is 3. The monoisotopic (exact) mass is 310 g/mol. The predicted molar refractivity (Wildman–Crippen MR) is 59.5 cm³/mol. The number of rotatable bonds is 3. The molecule has 94 valence electrons. The minimum Gasteiger partial charge on any atom is -0.348 e. The van der Waals surface area contributed by atoms with Crippen molar-refractivity contribution in [2.75, 3.05) is 0 Å². The van der Waals surface area contributed by atoms with E-state index in [1.807, 2.05) is 0 Å². The quantitative estimate of drug-likeness (QED) is 0.932. The van der Waals surface area contributed by atoms with E-state index >= 15 is 0 Å². The summed E-state index contributed by atoms with van der Waals surface area (Å²) in [6.07, 6.45) is -3.97. The third-order valence-corrected chi connectivity index (χ3v) is 2.53. The van der Waals surface area contributed by atoms with E-state index in [-0.39, 0.29) is 5.69 Å². The van der Waals surface area contributed by atoms with Crippen LogP contribution in [0.5, 0.6) is 0 Å². The summed E-state index contributed by atoms with van der Waals surface area (Å²) in [5, 5.41) is 2.24. The molecule has 1 unspecified atom stereocenters. The van der Waals surface area contributed by atoms with Crippen LogP contribution in [0.1, 0.15) is 23.8 Å². The van der Waals surface area contributed by atoms with Gasteiger partial charge in [0.1, 0.15) is 5.69 Å². The first-order valence-electron chi connectivity index (χ1n) is 4.78. The summed E-state index contributed by atoms with van der Waals surface area (Å²) in [7, 11) is 0. The van der Waals surface area contributed by atoms with Crippen LogP contribution in [0.25, 0.3) is 0 Å². The maximum Gasteiger partial charge on any atom is 0.391 e. The second-order valence-electron chi connectivity index (χ2n) is 3.53. The molecule has 17 heavy (non-hydrogen) atoms. The van der Waals surface area contributed by atoms with Gasteiger partial charge < -0.3 is 5.32 Å². The highest BCUT2D eigenvalue weighted by Gasteiger charge is 2.30. The standard InChI is InChI=1S/C10H10BrF3N2O/c1-6(5-10(12,13)14)16-9(17)8-7(11)3-2-4-15-8/h2-4,6H,5H2,1H3,(H,16,17). The zero-order valence-corrected chi connectivity index (χ0v) is 10.5. The van der Waals surface area contributed by atoms with Crippen LogP contribution in [0.15, 0.2) is 22.8 Å². The van der Waals surface area contributed by atoms with Crippen molar-refractivity contribution in [2.24, 2.45) is 0 Å². The summed E-state index contributed by atoms with van der Waals surface area (Å²) in [6, 6.07) is 2.22. The van der Waals surface area contributed by atoms with E-state index in [0.29, 0.717) is 4.47 Å². The van der Waals surface area contributed by atoms with E-state index in [1.165, 1.54) is 13.1 Å². The summed E-state index contributed by atoms with van der Waals surface area (Å²) >= 11 is 3.10. The summed E-state index contributed by atoms with van der Waals surface area (Å²) < 4.78 is 36.6. The van der Waals surface area contributed by atoms with E-state index in [2.05, 4.69) is 26.2 Å². The van der Waals surface area contributed by atoms with Crippen LogP contribution in [-0.2, 0) is 0 Å². The van der Waals surface area contributed by atoms with Crippen molar-refractivity contribution in [3.63, 3.8) is 0 Å². The third-order valence-electron chi connectivity index (χ3n) is 1.89. The lowest BCUT2D eigenvalue weighted by molar-refractivity contribution is -0.138. The van der Waals surface area contributed by atoms with Crippen molar-refractivity contribution in [1.29, 1.82) is 0 Å². The lowest BCUT2D eigenvalue weighted by Gasteiger charge is -2.15. The van der Waals surface area contributed by atoms with Gasteiger partial charge in [-0.25, -0.2) is 4.98 Å². The van der Waals surface area contributed by atoms with Crippen LogP contribution < -0.4 is 5.32 Å². The largest absolute Gasteiger partial charge is 0.391 e. The fourth-order valence-electron chi connectivity index (χ4n) is 1.24. The van der Waals surface area contributed by atoms with Gasteiger partial charge in [0, 0.05) is 16.7 Å². The zero-order valence-electron chi connectivity index (χ0n) is 8.88. The number of amides is 1. The molecule has 0 spiro atoms. The first-order chi connectivity index (χ1) is 7.79. The van der Waals surface area contributed by atoms with Gasteiger partial charge in [-0.15, -0.1) is 0 Å². The third kappa shape index (κ3) is 4.72. The summed E-state index contributed by atoms with van der Waals surface area (Å²) in [6.45, 7) is 1.29. The minimum absolute atomic E-state index is 0.0709. The second kappa shape index (κ2) is 5.48. The summed E-state index contributed by atoms with van der Waals surface area (Å²) in [5.41, 5.74) is 0.0709. The minimum atomic E-state index is -4.30. The van der Waals surface area contributed by atoms with Gasteiger partial charge in [-0.2, -0.15) is 13.2 Å². The number of pyridine rings is 1. The van der Waals surface area contributed by atoms with Crippen molar-refractivity contribution in [3.8, 4) is 0 Å². The molecular formula is C10H10BrF3N2O. The normalized spacial score (nSPS) is 13.2. The Labute approximate surface area is 105 Å². The van der Waals surface area contributed by atoms with E-state index in [0.717, 1.165) is 0 Å². The summed E-state index contributed by atoms with van der Waals surface area (Å²) in [4.78, 5) is 15.4. The Bertz CT molecular complexity index is 409. The van der Waals surface area contributed by atoms with E-state index < -0.39 is 24.5 Å². The predicted octanol–water partition coefficient (Wildman–Crippen LogP) is 2.91. The number of hydrogen-bond donors (Lipinski definition) is 1. The van der Waals surface area contributed by atoms with Crippen molar-refractivity contribution >= 4 is 21.8 Å². The molecule has 1 atom stereocenters. The van der Waals surface area contributed by atoms with Crippen molar-refractivity contribution in [2.45, 2.75) is 25.6 Å². The topological polar surface area (TPSA) is 42.0 Å². The van der Waals surface area contributed by atoms with Gasteiger partial charge in [-0.05, 0) is 35.0 Å². The number of carbonyl (C=O) groups excluding carboxylic acids is 1. The Morgan fingerprint density at radius 2 is 2.24 bits per heavy atom. The molecule has 0 saturated carbocycles. The highest BCUT2D eigenvalue weighted by molar-refractivity contribution is 9.10. The Morgan fingerprint density at radius 3 is 2.76 bits per heavy atom. The molecule has 0 aliphatic heterocycles. The molecule has 0 bridgehead atoms. The summed E-state index contributed by atoms with van der Waals surface area (Å²) in [5.74, 6) is -0.630. The van der Waals surface area contributed by atoms with Gasteiger partial charge in [0.15, 0.2) is 0 Å². The lowest BCUT2D eigenvalue weighted by atomic mass is 10.2. The maximum atomic E-state index is 12.1. The van der Waals surface area contributed by atoms with Crippen LogP contribution >= 0.6 is 15.9 Å². The molecule has 0 aliphatic rings. The average Bonchev–Trinajstić information content (AvgIpc) is 2.14. The van der Waals surface area contributed by atoms with Gasteiger partial charge in [-0.1, -0.05) is 0 Å². The van der Waals surface area contributed by atoms with Crippen LogP contribution in [0.4, 0.5) is 13.2 Å². The number of nitrogens with zero attached hydrogens (tertiary/aromatic N) is 1. The Morgan fingerprint density at radius 1 is 1.59 bits per heavy atom. The molecule has 1 heterocycles. The molecule has 1 aromatic heterocycles. The second-order valence-corrected chi connectivity index (χ2v) is 4.38. The van der Waals surface area contributed by atoms with E-state index in [4.69, 9.17) is 0 Å². The molecule has 1 rings (SSSR count). The molecule has 0 aromatic carbocycles. The molecular weight excluding hydrogens is 301 g/mol. The first-order valence-corrected chi connectivity index (χ1v) is 5.57. The first kappa shape index (κ1) is 14.0. The Hall–Kier alpha value is -1.11. The van der Waals surface area contributed by atoms with E-state index in [9.17, 15) is 18.0 Å². The number of aromatic nitrogens is 1. The van der Waals surface area contributed by atoms with Gasteiger partial charge in [0.25, 0.3) is 5.91 Å². The van der Waals surface area contributed by atoms with Gasteiger partial charge >= 0.3 is 6.18 Å². The molecule has 0 fully saturated rings. The molecule has 0 radical (unpaired) electrons. The molecule has 1 amide bonds. The Kier molecular flexibility index (Phi) is 4.50. The fraction of sp³-hybridized carbons (Fsp3) is 0.400. The molecule has 1 aromatic rings. The van der Waals surface area contributed by atoms with Crippen LogP contribution in [0, 0.1) is 0 Å². The van der Waals surface area contributed by atoms with E-state index in [1.54, 1.807) is 12.1 Å². The maximum absolute atomic E-state index is 12.1. The fourth-order valence-corrected chi connectivity index (χ4v) is 1.68. The zero-order chi connectivity index (χ0) is 13.1. The van der Waals surface area contributed by atoms with Crippen LogP contribution in [-0.4, -0.2) is 23.1 Å². The van der Waals surface area contributed by atoms with Gasteiger partial charge in [0.05, 0.1) is 6.42 Å². The highest BCUT2D eigenvalue weighted by atomic mass is 79.9. The molecule has 0 aliphatic carbocycles. The smallest absolute Gasteiger partial charge is 0.348 e. The van der Waals surface area contributed by atoms with Gasteiger partial charge in [0.2, 0.25) is 0 Å². The molecule has 1 N–H and O–H groups in total. The molecule has 3 nitrogen and oxygen atoms in total. The number of halogens is 4. The van der Waals surface area contributed by atoms with Crippen LogP contribution in [0.3, 0.4) is 0 Å². The lowest BCUT2D eigenvalue weighted by Crippen LogP contribution is -2.36. The number of nitrogens with one attached hydrogen (secondary N) is 1. The van der Waals surface area contributed by atoms with Gasteiger partial charge in [-0.3, -0.25) is 4.79 Å². The van der Waals surface area contributed by atoms with Crippen molar-refractivity contribution in [1.82, 2.24) is 10.3 Å².